The quantitative estimate of drug-likeness (QED) is 0.822. The molecule has 2 rings (SSSR count). The van der Waals surface area contributed by atoms with Crippen molar-refractivity contribution in [2.75, 3.05) is 24.5 Å². The van der Waals surface area contributed by atoms with Gasteiger partial charge in [0, 0.05) is 19.1 Å². The van der Waals surface area contributed by atoms with Gasteiger partial charge in [0.1, 0.15) is 0 Å². The number of aromatic nitrogens is 2. The molecule has 6 heteroatoms. The van der Waals surface area contributed by atoms with E-state index in [-0.39, 0.29) is 5.69 Å². The number of hydrogen-bond acceptors (Lipinski definition) is 5. The number of nitrogens with one attached hydrogen (secondary N) is 1. The summed E-state index contributed by atoms with van der Waals surface area (Å²) in [7, 11) is 0. The molecule has 3 N–H and O–H groups in total. The van der Waals surface area contributed by atoms with E-state index in [1.807, 2.05) is 6.07 Å². The SMILES string of the molecule is CCCNC(C)C1CCCN(c2ccc(C(N)=O)nn2)C1. The van der Waals surface area contributed by atoms with Gasteiger partial charge in [-0.25, -0.2) is 0 Å². The topological polar surface area (TPSA) is 84.1 Å². The van der Waals surface area contributed by atoms with E-state index in [2.05, 4.69) is 34.3 Å². The maximum atomic E-state index is 11.0. The van der Waals surface area contributed by atoms with Crippen LogP contribution in [0.25, 0.3) is 0 Å². The van der Waals surface area contributed by atoms with E-state index < -0.39 is 5.91 Å². The molecule has 0 radical (unpaired) electrons. The molecule has 1 amide bonds. The molecule has 0 bridgehead atoms. The molecule has 2 heterocycles. The second-order valence-corrected chi connectivity index (χ2v) is 5.73. The fourth-order valence-corrected chi connectivity index (χ4v) is 2.79. The molecule has 6 nitrogen and oxygen atoms in total. The summed E-state index contributed by atoms with van der Waals surface area (Å²) in [5.41, 5.74) is 5.40. The van der Waals surface area contributed by atoms with E-state index in [1.54, 1.807) is 6.07 Å². The Balaban J connectivity index is 1.98. The summed E-state index contributed by atoms with van der Waals surface area (Å²) in [5.74, 6) is 0.901. The smallest absolute Gasteiger partial charge is 0.269 e. The normalized spacial score (nSPS) is 20.3. The Morgan fingerprint density at radius 1 is 1.52 bits per heavy atom. The van der Waals surface area contributed by atoms with Crippen molar-refractivity contribution in [3.05, 3.63) is 17.8 Å². The molecule has 0 spiro atoms. The third-order valence-electron chi connectivity index (χ3n) is 4.11. The summed E-state index contributed by atoms with van der Waals surface area (Å²) in [5, 5.41) is 11.6. The van der Waals surface area contributed by atoms with Gasteiger partial charge >= 0.3 is 0 Å². The Hall–Kier alpha value is -1.69. The molecule has 0 saturated carbocycles. The van der Waals surface area contributed by atoms with Crippen LogP contribution < -0.4 is 16.0 Å². The van der Waals surface area contributed by atoms with Gasteiger partial charge in [-0.2, -0.15) is 0 Å². The number of nitrogens with two attached hydrogens (primary N) is 1. The van der Waals surface area contributed by atoms with Gasteiger partial charge in [-0.1, -0.05) is 6.92 Å². The van der Waals surface area contributed by atoms with Crippen molar-refractivity contribution in [1.82, 2.24) is 15.5 Å². The largest absolute Gasteiger partial charge is 0.364 e. The van der Waals surface area contributed by atoms with Gasteiger partial charge in [0.25, 0.3) is 5.91 Å². The highest BCUT2D eigenvalue weighted by atomic mass is 16.1. The summed E-state index contributed by atoms with van der Waals surface area (Å²) in [6.07, 6.45) is 3.55. The predicted molar refractivity (Wildman–Crippen MR) is 83.2 cm³/mol. The first-order chi connectivity index (χ1) is 10.1. The van der Waals surface area contributed by atoms with Gasteiger partial charge in [0.2, 0.25) is 0 Å². The summed E-state index contributed by atoms with van der Waals surface area (Å²) >= 11 is 0. The lowest BCUT2D eigenvalue weighted by Crippen LogP contribution is -2.45. The molecular weight excluding hydrogens is 266 g/mol. The summed E-state index contributed by atoms with van der Waals surface area (Å²) < 4.78 is 0. The van der Waals surface area contributed by atoms with Crippen molar-refractivity contribution < 1.29 is 4.79 Å². The first-order valence-corrected chi connectivity index (χ1v) is 7.73. The van der Waals surface area contributed by atoms with Crippen LogP contribution in [0.15, 0.2) is 12.1 Å². The van der Waals surface area contributed by atoms with Crippen molar-refractivity contribution in [2.45, 2.75) is 39.2 Å². The zero-order chi connectivity index (χ0) is 15.2. The Kier molecular flexibility index (Phi) is 5.50. The van der Waals surface area contributed by atoms with Crippen LogP contribution in [-0.2, 0) is 0 Å². The van der Waals surface area contributed by atoms with Crippen LogP contribution in [-0.4, -0.2) is 41.8 Å². The lowest BCUT2D eigenvalue weighted by atomic mass is 9.91. The minimum atomic E-state index is -0.539. The number of nitrogens with zero attached hydrogens (tertiary/aromatic N) is 3. The minimum Gasteiger partial charge on any atom is -0.364 e. The molecule has 1 aromatic heterocycles. The van der Waals surface area contributed by atoms with E-state index in [0.717, 1.165) is 38.3 Å². The molecule has 1 saturated heterocycles. The molecular formula is C15H25N5O. The van der Waals surface area contributed by atoms with Crippen molar-refractivity contribution in [3.63, 3.8) is 0 Å². The highest BCUT2D eigenvalue weighted by molar-refractivity contribution is 5.90. The van der Waals surface area contributed by atoms with Gasteiger partial charge < -0.3 is 16.0 Å². The Morgan fingerprint density at radius 3 is 2.95 bits per heavy atom. The maximum Gasteiger partial charge on any atom is 0.269 e. The third kappa shape index (κ3) is 4.14. The number of primary amides is 1. The van der Waals surface area contributed by atoms with E-state index in [0.29, 0.717) is 12.0 Å². The van der Waals surface area contributed by atoms with E-state index in [1.165, 1.54) is 6.42 Å². The second kappa shape index (κ2) is 7.36. The van der Waals surface area contributed by atoms with Crippen molar-refractivity contribution in [2.24, 2.45) is 11.7 Å². The van der Waals surface area contributed by atoms with Gasteiger partial charge in [0.15, 0.2) is 11.5 Å². The van der Waals surface area contributed by atoms with Crippen LogP contribution in [0.2, 0.25) is 0 Å². The van der Waals surface area contributed by atoms with Crippen LogP contribution >= 0.6 is 0 Å². The number of amides is 1. The molecule has 21 heavy (non-hydrogen) atoms. The van der Waals surface area contributed by atoms with Crippen molar-refractivity contribution in [3.8, 4) is 0 Å². The fourth-order valence-electron chi connectivity index (χ4n) is 2.79. The van der Waals surface area contributed by atoms with E-state index in [9.17, 15) is 4.79 Å². The van der Waals surface area contributed by atoms with Gasteiger partial charge in [-0.3, -0.25) is 4.79 Å². The summed E-state index contributed by atoms with van der Waals surface area (Å²) in [6.45, 7) is 7.46. The highest BCUT2D eigenvalue weighted by Gasteiger charge is 2.25. The molecule has 1 aromatic rings. The monoisotopic (exact) mass is 291 g/mol. The van der Waals surface area contributed by atoms with Gasteiger partial charge in [0.05, 0.1) is 0 Å². The standard InChI is InChI=1S/C15H25N5O/c1-3-8-17-11(2)12-5-4-9-20(10-12)14-7-6-13(15(16)21)18-19-14/h6-7,11-12,17H,3-5,8-10H2,1-2H3,(H2,16,21). The number of carbonyl (C=O) groups excluding carboxylic acids is 1. The molecule has 116 valence electrons. The van der Waals surface area contributed by atoms with Crippen LogP contribution in [0.1, 0.15) is 43.6 Å². The van der Waals surface area contributed by atoms with Crippen LogP contribution in [0, 0.1) is 5.92 Å². The number of piperidine rings is 1. The number of rotatable bonds is 6. The van der Waals surface area contributed by atoms with Gasteiger partial charge in [-0.15, -0.1) is 10.2 Å². The molecule has 2 unspecified atom stereocenters. The average Bonchev–Trinajstić information content (AvgIpc) is 2.52. The summed E-state index contributed by atoms with van der Waals surface area (Å²) in [6, 6.07) is 3.98. The molecule has 0 aromatic carbocycles. The zero-order valence-corrected chi connectivity index (χ0v) is 12.9. The van der Waals surface area contributed by atoms with Crippen LogP contribution in [0.4, 0.5) is 5.82 Å². The molecule has 1 aliphatic rings. The Bertz CT molecular complexity index is 462. The number of hydrogen-bond donors (Lipinski definition) is 2. The van der Waals surface area contributed by atoms with Gasteiger partial charge in [-0.05, 0) is 50.8 Å². The first kappa shape index (κ1) is 15.7. The molecule has 1 fully saturated rings. The van der Waals surface area contributed by atoms with Crippen LogP contribution in [0.3, 0.4) is 0 Å². The highest BCUT2D eigenvalue weighted by Crippen LogP contribution is 2.23. The first-order valence-electron chi connectivity index (χ1n) is 7.73. The maximum absolute atomic E-state index is 11.0. The fraction of sp³-hybridized carbons (Fsp3) is 0.667. The Labute approximate surface area is 126 Å². The molecule has 1 aliphatic heterocycles. The van der Waals surface area contributed by atoms with E-state index in [4.69, 9.17) is 5.73 Å². The predicted octanol–water partition coefficient (Wildman–Crippen LogP) is 1.18. The minimum absolute atomic E-state index is 0.213. The van der Waals surface area contributed by atoms with Crippen molar-refractivity contribution >= 4 is 11.7 Å². The lowest BCUT2D eigenvalue weighted by molar-refractivity contribution is 0.0994. The number of carbonyl (C=O) groups is 1. The lowest BCUT2D eigenvalue weighted by Gasteiger charge is -2.36. The average molecular weight is 291 g/mol. The second-order valence-electron chi connectivity index (χ2n) is 5.73. The van der Waals surface area contributed by atoms with E-state index >= 15 is 0 Å². The molecule has 2 atom stereocenters. The molecule has 0 aliphatic carbocycles. The Morgan fingerprint density at radius 2 is 2.33 bits per heavy atom. The van der Waals surface area contributed by atoms with Crippen LogP contribution in [0.5, 0.6) is 0 Å². The zero-order valence-electron chi connectivity index (χ0n) is 12.9. The number of anilines is 1. The third-order valence-corrected chi connectivity index (χ3v) is 4.11. The van der Waals surface area contributed by atoms with Crippen molar-refractivity contribution in [1.29, 1.82) is 0 Å². The summed E-state index contributed by atoms with van der Waals surface area (Å²) in [4.78, 5) is 13.3.